The van der Waals surface area contributed by atoms with Gasteiger partial charge in [0.2, 0.25) is 0 Å². The van der Waals surface area contributed by atoms with Crippen LogP contribution in [0.1, 0.15) is 28.3 Å². The van der Waals surface area contributed by atoms with Crippen molar-refractivity contribution in [3.63, 3.8) is 0 Å². The van der Waals surface area contributed by atoms with E-state index in [1.165, 1.54) is 0 Å². The molecule has 26 heavy (non-hydrogen) atoms. The highest BCUT2D eigenvalue weighted by Gasteiger charge is 2.31. The van der Waals surface area contributed by atoms with Crippen molar-refractivity contribution in [2.45, 2.75) is 25.9 Å². The number of carbonyl (C=O) groups excluding carboxylic acids is 1. The van der Waals surface area contributed by atoms with Crippen LogP contribution < -0.4 is 10.2 Å². The van der Waals surface area contributed by atoms with E-state index < -0.39 is 9.84 Å². The van der Waals surface area contributed by atoms with E-state index in [4.69, 9.17) is 0 Å². The molecule has 0 saturated carbocycles. The Morgan fingerprint density at radius 2 is 2.00 bits per heavy atom. The first kappa shape index (κ1) is 18.3. The average molecular weight is 374 g/mol. The molecule has 138 valence electrons. The van der Waals surface area contributed by atoms with E-state index in [2.05, 4.69) is 15.3 Å². The summed E-state index contributed by atoms with van der Waals surface area (Å²) in [5, 5.41) is 2.85. The third kappa shape index (κ3) is 4.37. The lowest BCUT2D eigenvalue weighted by atomic mass is 10.2. The third-order valence-electron chi connectivity index (χ3n) is 4.47. The molecule has 2 heterocycles. The number of hydrogen-bond donors (Lipinski definition) is 1. The SMILES string of the molecule is Cc1nc(C(=O)NCc2ccccc2)cc(N(C)C2CCS(=O)(=O)C2)n1. The molecule has 1 saturated heterocycles. The molecule has 1 aliphatic rings. The molecular weight excluding hydrogens is 352 g/mol. The molecule has 1 aromatic carbocycles. The second kappa shape index (κ2) is 7.41. The average Bonchev–Trinajstić information content (AvgIpc) is 2.99. The lowest BCUT2D eigenvalue weighted by Gasteiger charge is -2.25. The number of hydrogen-bond acceptors (Lipinski definition) is 6. The van der Waals surface area contributed by atoms with Gasteiger partial charge >= 0.3 is 0 Å². The molecule has 0 aliphatic carbocycles. The number of nitrogens with zero attached hydrogens (tertiary/aromatic N) is 3. The second-order valence-electron chi connectivity index (χ2n) is 6.49. The molecule has 1 amide bonds. The Morgan fingerprint density at radius 3 is 2.65 bits per heavy atom. The Kier molecular flexibility index (Phi) is 5.22. The van der Waals surface area contributed by atoms with Crippen LogP contribution >= 0.6 is 0 Å². The molecule has 8 heteroatoms. The highest BCUT2D eigenvalue weighted by Crippen LogP contribution is 2.22. The maximum Gasteiger partial charge on any atom is 0.270 e. The van der Waals surface area contributed by atoms with Gasteiger partial charge in [0, 0.05) is 25.7 Å². The Hall–Kier alpha value is -2.48. The number of benzene rings is 1. The number of aryl methyl sites for hydroxylation is 1. The zero-order valence-electron chi connectivity index (χ0n) is 14.8. The molecule has 1 fully saturated rings. The smallest absolute Gasteiger partial charge is 0.270 e. The minimum Gasteiger partial charge on any atom is -0.356 e. The number of aromatic nitrogens is 2. The highest BCUT2D eigenvalue weighted by molar-refractivity contribution is 7.91. The summed E-state index contributed by atoms with van der Waals surface area (Å²) in [6.45, 7) is 2.13. The molecule has 0 radical (unpaired) electrons. The van der Waals surface area contributed by atoms with Crippen LogP contribution in [-0.2, 0) is 16.4 Å². The molecule has 3 rings (SSSR count). The fourth-order valence-electron chi connectivity index (χ4n) is 2.99. The summed E-state index contributed by atoms with van der Waals surface area (Å²) in [7, 11) is -1.18. The first-order chi connectivity index (χ1) is 12.3. The van der Waals surface area contributed by atoms with Gasteiger partial charge in [0.1, 0.15) is 17.3 Å². The van der Waals surface area contributed by atoms with Crippen molar-refractivity contribution in [1.29, 1.82) is 0 Å². The number of sulfone groups is 1. The van der Waals surface area contributed by atoms with Crippen LogP contribution in [0.2, 0.25) is 0 Å². The van der Waals surface area contributed by atoms with Gasteiger partial charge in [-0.2, -0.15) is 0 Å². The van der Waals surface area contributed by atoms with Gasteiger partial charge in [-0.1, -0.05) is 30.3 Å². The van der Waals surface area contributed by atoms with E-state index in [1.54, 1.807) is 20.0 Å². The van der Waals surface area contributed by atoms with E-state index in [9.17, 15) is 13.2 Å². The molecule has 0 spiro atoms. The van der Waals surface area contributed by atoms with Crippen LogP contribution in [0.3, 0.4) is 0 Å². The molecule has 1 N–H and O–H groups in total. The van der Waals surface area contributed by atoms with Crippen LogP contribution in [-0.4, -0.2) is 48.9 Å². The largest absolute Gasteiger partial charge is 0.356 e. The van der Waals surface area contributed by atoms with Gasteiger partial charge < -0.3 is 10.2 Å². The van der Waals surface area contributed by atoms with Gasteiger partial charge in [-0.3, -0.25) is 4.79 Å². The summed E-state index contributed by atoms with van der Waals surface area (Å²) < 4.78 is 23.4. The van der Waals surface area contributed by atoms with Crippen LogP contribution in [0.25, 0.3) is 0 Å². The molecule has 1 aromatic heterocycles. The predicted molar refractivity (Wildman–Crippen MR) is 99.8 cm³/mol. The predicted octanol–water partition coefficient (Wildman–Crippen LogP) is 1.34. The molecule has 1 atom stereocenters. The van der Waals surface area contributed by atoms with Crippen molar-refractivity contribution in [3.8, 4) is 0 Å². The van der Waals surface area contributed by atoms with Gasteiger partial charge in [0.25, 0.3) is 5.91 Å². The van der Waals surface area contributed by atoms with Gasteiger partial charge in [0.15, 0.2) is 9.84 Å². The first-order valence-electron chi connectivity index (χ1n) is 8.45. The third-order valence-corrected chi connectivity index (χ3v) is 6.22. The summed E-state index contributed by atoms with van der Waals surface area (Å²) in [4.78, 5) is 22.9. The summed E-state index contributed by atoms with van der Waals surface area (Å²) >= 11 is 0. The molecular formula is C18H22N4O3S. The van der Waals surface area contributed by atoms with Crippen molar-refractivity contribution < 1.29 is 13.2 Å². The van der Waals surface area contributed by atoms with E-state index in [-0.39, 0.29) is 29.1 Å². The Bertz CT molecular complexity index is 900. The van der Waals surface area contributed by atoms with Crippen molar-refractivity contribution in [1.82, 2.24) is 15.3 Å². The molecule has 1 unspecified atom stereocenters. The lowest BCUT2D eigenvalue weighted by molar-refractivity contribution is 0.0945. The standard InChI is InChI=1S/C18H22N4O3S/c1-13-20-16(18(23)19-11-14-6-4-3-5-7-14)10-17(21-13)22(2)15-8-9-26(24,25)12-15/h3-7,10,15H,8-9,11-12H2,1-2H3,(H,19,23). The van der Waals surface area contributed by atoms with Crippen LogP contribution in [0.15, 0.2) is 36.4 Å². The maximum atomic E-state index is 12.5. The molecule has 1 aliphatic heterocycles. The highest BCUT2D eigenvalue weighted by atomic mass is 32.2. The monoisotopic (exact) mass is 374 g/mol. The second-order valence-corrected chi connectivity index (χ2v) is 8.72. The number of anilines is 1. The van der Waals surface area contributed by atoms with Gasteiger partial charge in [-0.25, -0.2) is 18.4 Å². The number of amides is 1. The van der Waals surface area contributed by atoms with Crippen LogP contribution in [0, 0.1) is 6.92 Å². The maximum absolute atomic E-state index is 12.5. The first-order valence-corrected chi connectivity index (χ1v) is 10.3. The fraction of sp³-hybridized carbons (Fsp3) is 0.389. The molecule has 7 nitrogen and oxygen atoms in total. The van der Waals surface area contributed by atoms with Gasteiger partial charge in [0.05, 0.1) is 11.5 Å². The number of carbonyl (C=O) groups is 1. The van der Waals surface area contributed by atoms with Crippen molar-refractivity contribution in [2.24, 2.45) is 0 Å². The Balaban J connectivity index is 1.73. The van der Waals surface area contributed by atoms with Crippen LogP contribution in [0.5, 0.6) is 0 Å². The van der Waals surface area contributed by atoms with Crippen molar-refractivity contribution in [2.75, 3.05) is 23.5 Å². The fourth-order valence-corrected chi connectivity index (χ4v) is 4.76. The summed E-state index contributed by atoms with van der Waals surface area (Å²) in [6, 6.07) is 11.1. The summed E-state index contributed by atoms with van der Waals surface area (Å²) in [6.07, 6.45) is 0.567. The topological polar surface area (TPSA) is 92.3 Å². The van der Waals surface area contributed by atoms with Gasteiger partial charge in [-0.05, 0) is 18.9 Å². The quantitative estimate of drug-likeness (QED) is 0.849. The van der Waals surface area contributed by atoms with Crippen molar-refractivity contribution >= 4 is 21.6 Å². The lowest BCUT2D eigenvalue weighted by Crippen LogP contribution is -2.34. The van der Waals surface area contributed by atoms with E-state index in [0.717, 1.165) is 5.56 Å². The van der Waals surface area contributed by atoms with E-state index in [0.29, 0.717) is 24.6 Å². The van der Waals surface area contributed by atoms with Crippen molar-refractivity contribution in [3.05, 3.63) is 53.5 Å². The minimum atomic E-state index is -2.99. The van der Waals surface area contributed by atoms with Crippen LogP contribution in [0.4, 0.5) is 5.82 Å². The molecule has 0 bridgehead atoms. The zero-order chi connectivity index (χ0) is 18.7. The Labute approximate surface area is 153 Å². The Morgan fingerprint density at radius 1 is 1.27 bits per heavy atom. The normalized spacial score (nSPS) is 18.5. The minimum absolute atomic E-state index is 0.113. The number of rotatable bonds is 5. The zero-order valence-corrected chi connectivity index (χ0v) is 15.7. The number of nitrogens with one attached hydrogen (secondary N) is 1. The van der Waals surface area contributed by atoms with Gasteiger partial charge in [-0.15, -0.1) is 0 Å². The van der Waals surface area contributed by atoms with E-state index in [1.807, 2.05) is 35.2 Å². The molecule has 2 aromatic rings. The summed E-state index contributed by atoms with van der Waals surface area (Å²) in [5.41, 5.74) is 1.27. The summed E-state index contributed by atoms with van der Waals surface area (Å²) in [5.74, 6) is 1.05. The van der Waals surface area contributed by atoms with E-state index >= 15 is 0 Å².